The number of likely N-dealkylation sites (tertiary alicyclic amines) is 1. The van der Waals surface area contributed by atoms with Gasteiger partial charge in [0.15, 0.2) is 0 Å². The van der Waals surface area contributed by atoms with Gasteiger partial charge < -0.3 is 10.2 Å². The predicted octanol–water partition coefficient (Wildman–Crippen LogP) is 3.09. The second-order valence-corrected chi connectivity index (χ2v) is 6.38. The molecule has 3 unspecified atom stereocenters. The molecule has 0 bridgehead atoms. The Kier molecular flexibility index (Phi) is 3.68. The van der Waals surface area contributed by atoms with Gasteiger partial charge in [0.1, 0.15) is 0 Å². The van der Waals surface area contributed by atoms with Crippen LogP contribution in [0.3, 0.4) is 0 Å². The highest BCUT2D eigenvalue weighted by Crippen LogP contribution is 2.34. The van der Waals surface area contributed by atoms with E-state index in [0.29, 0.717) is 11.8 Å². The molecule has 3 heteroatoms. The Hall–Kier alpha value is -1.51. The molecule has 3 nitrogen and oxygen atoms in total. The lowest BCUT2D eigenvalue weighted by molar-refractivity contribution is -0.135. The van der Waals surface area contributed by atoms with Crippen molar-refractivity contribution in [3.05, 3.63) is 29.8 Å². The van der Waals surface area contributed by atoms with Crippen LogP contribution >= 0.6 is 0 Å². The Balaban J connectivity index is 1.78. The summed E-state index contributed by atoms with van der Waals surface area (Å²) in [5, 5.41) is 3.40. The van der Waals surface area contributed by atoms with E-state index in [2.05, 4.69) is 36.2 Å². The SMILES string of the molecule is CC1CCN(C(=O)C2CCNc3ccccc32)CC1C. The Morgan fingerprint density at radius 3 is 2.80 bits per heavy atom. The van der Waals surface area contributed by atoms with Crippen molar-refractivity contribution in [3.8, 4) is 0 Å². The lowest BCUT2D eigenvalue weighted by Gasteiger charge is -2.38. The molecule has 2 aliphatic heterocycles. The van der Waals surface area contributed by atoms with E-state index in [1.165, 1.54) is 5.56 Å². The quantitative estimate of drug-likeness (QED) is 0.852. The summed E-state index contributed by atoms with van der Waals surface area (Å²) in [4.78, 5) is 15.0. The van der Waals surface area contributed by atoms with Gasteiger partial charge in [-0.1, -0.05) is 32.0 Å². The molecule has 2 heterocycles. The van der Waals surface area contributed by atoms with Crippen molar-refractivity contribution in [1.29, 1.82) is 0 Å². The second-order valence-electron chi connectivity index (χ2n) is 6.38. The fraction of sp³-hybridized carbons (Fsp3) is 0.588. The zero-order valence-corrected chi connectivity index (χ0v) is 12.4. The monoisotopic (exact) mass is 272 g/mol. The summed E-state index contributed by atoms with van der Waals surface area (Å²) >= 11 is 0. The van der Waals surface area contributed by atoms with Crippen LogP contribution in [0.5, 0.6) is 0 Å². The first kappa shape index (κ1) is 13.5. The standard InChI is InChI=1S/C17H24N2O/c1-12-8-10-19(11-13(12)2)17(20)15-7-9-18-16-6-4-3-5-14(15)16/h3-6,12-13,15,18H,7-11H2,1-2H3. The fourth-order valence-corrected chi connectivity index (χ4v) is 3.41. The molecule has 1 fully saturated rings. The van der Waals surface area contributed by atoms with Gasteiger partial charge in [0, 0.05) is 25.3 Å². The minimum absolute atomic E-state index is 0.0491. The van der Waals surface area contributed by atoms with Crippen molar-refractivity contribution in [2.45, 2.75) is 32.6 Å². The van der Waals surface area contributed by atoms with Crippen molar-refractivity contribution in [2.24, 2.45) is 11.8 Å². The summed E-state index contributed by atoms with van der Waals surface area (Å²) in [6, 6.07) is 8.24. The average molecular weight is 272 g/mol. The number of fused-ring (bicyclic) bond motifs is 1. The largest absolute Gasteiger partial charge is 0.385 e. The molecule has 1 aromatic rings. The van der Waals surface area contributed by atoms with E-state index >= 15 is 0 Å². The zero-order chi connectivity index (χ0) is 14.1. The van der Waals surface area contributed by atoms with Gasteiger partial charge in [-0.05, 0) is 36.3 Å². The third-order valence-corrected chi connectivity index (χ3v) is 5.03. The van der Waals surface area contributed by atoms with Crippen LogP contribution < -0.4 is 5.32 Å². The fourth-order valence-electron chi connectivity index (χ4n) is 3.41. The van der Waals surface area contributed by atoms with Crippen LogP contribution in [-0.4, -0.2) is 30.4 Å². The molecule has 0 spiro atoms. The number of nitrogens with one attached hydrogen (secondary N) is 1. The number of carbonyl (C=O) groups excluding carboxylic acids is 1. The van der Waals surface area contributed by atoms with Gasteiger partial charge in [-0.15, -0.1) is 0 Å². The Morgan fingerprint density at radius 2 is 2.00 bits per heavy atom. The normalized spacial score (nSPS) is 29.5. The number of carbonyl (C=O) groups is 1. The number of benzene rings is 1. The minimum Gasteiger partial charge on any atom is -0.385 e. The number of rotatable bonds is 1. The summed E-state index contributed by atoms with van der Waals surface area (Å²) in [7, 11) is 0. The second kappa shape index (κ2) is 5.47. The van der Waals surface area contributed by atoms with E-state index in [4.69, 9.17) is 0 Å². The molecule has 0 aromatic heterocycles. The van der Waals surface area contributed by atoms with E-state index in [-0.39, 0.29) is 5.92 Å². The van der Waals surface area contributed by atoms with Gasteiger partial charge in [0.2, 0.25) is 5.91 Å². The van der Waals surface area contributed by atoms with Crippen molar-refractivity contribution < 1.29 is 4.79 Å². The summed E-state index contributed by atoms with van der Waals surface area (Å²) in [5.74, 6) is 1.73. The number of hydrogen-bond donors (Lipinski definition) is 1. The molecule has 1 aromatic carbocycles. The number of para-hydroxylation sites is 1. The zero-order valence-electron chi connectivity index (χ0n) is 12.4. The van der Waals surface area contributed by atoms with Gasteiger partial charge in [-0.25, -0.2) is 0 Å². The highest BCUT2D eigenvalue weighted by molar-refractivity contribution is 5.86. The highest BCUT2D eigenvalue weighted by Gasteiger charge is 2.33. The van der Waals surface area contributed by atoms with Gasteiger partial charge in [-0.3, -0.25) is 4.79 Å². The van der Waals surface area contributed by atoms with E-state index in [1.807, 2.05) is 12.1 Å². The molecule has 3 atom stereocenters. The van der Waals surface area contributed by atoms with E-state index in [9.17, 15) is 4.79 Å². The smallest absolute Gasteiger partial charge is 0.230 e. The van der Waals surface area contributed by atoms with Crippen molar-refractivity contribution in [3.63, 3.8) is 0 Å². The van der Waals surface area contributed by atoms with Crippen LogP contribution in [0, 0.1) is 11.8 Å². The molecule has 3 rings (SSSR count). The summed E-state index contributed by atoms with van der Waals surface area (Å²) in [6.45, 7) is 7.31. The minimum atomic E-state index is 0.0491. The van der Waals surface area contributed by atoms with Crippen molar-refractivity contribution in [1.82, 2.24) is 4.90 Å². The number of amides is 1. The third-order valence-electron chi connectivity index (χ3n) is 5.03. The van der Waals surface area contributed by atoms with Crippen LogP contribution in [0.25, 0.3) is 0 Å². The predicted molar refractivity (Wildman–Crippen MR) is 81.8 cm³/mol. The maximum atomic E-state index is 12.9. The van der Waals surface area contributed by atoms with Gasteiger partial charge in [0.25, 0.3) is 0 Å². The van der Waals surface area contributed by atoms with Crippen LogP contribution in [0.15, 0.2) is 24.3 Å². The molecule has 2 aliphatic rings. The molecular formula is C17H24N2O. The number of nitrogens with zero attached hydrogens (tertiary/aromatic N) is 1. The van der Waals surface area contributed by atoms with Gasteiger partial charge in [-0.2, -0.15) is 0 Å². The molecular weight excluding hydrogens is 248 g/mol. The van der Waals surface area contributed by atoms with Crippen LogP contribution in [0.2, 0.25) is 0 Å². The maximum Gasteiger partial charge on any atom is 0.230 e. The van der Waals surface area contributed by atoms with Crippen LogP contribution in [-0.2, 0) is 4.79 Å². The number of piperidine rings is 1. The third kappa shape index (κ3) is 2.41. The molecule has 1 amide bonds. The van der Waals surface area contributed by atoms with E-state index in [0.717, 1.165) is 44.1 Å². The summed E-state index contributed by atoms with van der Waals surface area (Å²) in [6.07, 6.45) is 2.05. The first-order valence-electron chi connectivity index (χ1n) is 7.78. The first-order valence-corrected chi connectivity index (χ1v) is 7.78. The average Bonchev–Trinajstić information content (AvgIpc) is 2.49. The molecule has 0 radical (unpaired) electrons. The lowest BCUT2D eigenvalue weighted by atomic mass is 9.85. The summed E-state index contributed by atoms with van der Waals surface area (Å²) < 4.78 is 0. The first-order chi connectivity index (χ1) is 9.66. The van der Waals surface area contributed by atoms with Gasteiger partial charge >= 0.3 is 0 Å². The van der Waals surface area contributed by atoms with Crippen LogP contribution in [0.4, 0.5) is 5.69 Å². The molecule has 0 saturated carbocycles. The Labute approximate surface area is 121 Å². The van der Waals surface area contributed by atoms with E-state index in [1.54, 1.807) is 0 Å². The Morgan fingerprint density at radius 1 is 1.20 bits per heavy atom. The molecule has 20 heavy (non-hydrogen) atoms. The number of anilines is 1. The topological polar surface area (TPSA) is 32.3 Å². The highest BCUT2D eigenvalue weighted by atomic mass is 16.2. The molecule has 1 N–H and O–H groups in total. The lowest BCUT2D eigenvalue weighted by Crippen LogP contribution is -2.45. The molecule has 1 saturated heterocycles. The summed E-state index contributed by atoms with van der Waals surface area (Å²) in [5.41, 5.74) is 2.31. The van der Waals surface area contributed by atoms with E-state index < -0.39 is 0 Å². The number of hydrogen-bond acceptors (Lipinski definition) is 2. The Bertz CT molecular complexity index is 500. The molecule has 0 aliphatic carbocycles. The van der Waals surface area contributed by atoms with Crippen LogP contribution in [0.1, 0.15) is 38.2 Å². The van der Waals surface area contributed by atoms with Gasteiger partial charge in [0.05, 0.1) is 5.92 Å². The van der Waals surface area contributed by atoms with Crippen molar-refractivity contribution >= 4 is 11.6 Å². The maximum absolute atomic E-state index is 12.9. The van der Waals surface area contributed by atoms with Crippen molar-refractivity contribution in [2.75, 3.05) is 25.0 Å². The molecule has 108 valence electrons.